The maximum Gasteiger partial charge on any atom is 0.276 e. The summed E-state index contributed by atoms with van der Waals surface area (Å²) in [5.41, 5.74) is 3.38. The summed E-state index contributed by atoms with van der Waals surface area (Å²) in [6.45, 7) is 0. The summed E-state index contributed by atoms with van der Waals surface area (Å²) >= 11 is 0. The molecule has 0 N–H and O–H groups in total. The quantitative estimate of drug-likeness (QED) is 0.632. The molecule has 1 unspecified atom stereocenters. The average Bonchev–Trinajstić information content (AvgIpc) is 2.95. The second-order valence-corrected chi connectivity index (χ2v) is 5.62. The van der Waals surface area contributed by atoms with Crippen LogP contribution >= 0.6 is 0 Å². The highest BCUT2D eigenvalue weighted by Crippen LogP contribution is 2.43. The fraction of sp³-hybridized carbons (Fsp3) is 0.158. The van der Waals surface area contributed by atoms with Crippen LogP contribution in [0.1, 0.15) is 22.6 Å². The van der Waals surface area contributed by atoms with Crippen molar-refractivity contribution >= 4 is 11.8 Å². The first-order valence-corrected chi connectivity index (χ1v) is 7.46. The van der Waals surface area contributed by atoms with E-state index in [1.165, 1.54) is 6.07 Å². The molecule has 2 aromatic rings. The summed E-state index contributed by atoms with van der Waals surface area (Å²) in [6.07, 6.45) is 2.34. The van der Waals surface area contributed by atoms with Crippen molar-refractivity contribution in [3.63, 3.8) is 0 Å². The van der Waals surface area contributed by atoms with Crippen LogP contribution in [0.2, 0.25) is 0 Å². The van der Waals surface area contributed by atoms with Gasteiger partial charge in [-0.15, -0.1) is 0 Å². The van der Waals surface area contributed by atoms with Crippen molar-refractivity contribution in [1.82, 2.24) is 0 Å². The lowest BCUT2D eigenvalue weighted by Gasteiger charge is -2.14. The van der Waals surface area contributed by atoms with Crippen molar-refractivity contribution in [2.24, 2.45) is 5.92 Å². The molecule has 0 aromatic heterocycles. The highest BCUT2D eigenvalue weighted by Gasteiger charge is 2.34. The Bertz CT molecular complexity index is 905. The number of nitriles is 2. The van der Waals surface area contributed by atoms with Crippen LogP contribution in [0, 0.1) is 38.7 Å². The van der Waals surface area contributed by atoms with Crippen molar-refractivity contribution in [1.29, 1.82) is 10.5 Å². The highest BCUT2D eigenvalue weighted by molar-refractivity contribution is 5.67. The van der Waals surface area contributed by atoms with Gasteiger partial charge in [0, 0.05) is 12.0 Å². The number of allylic oxidation sites excluding steroid dienone is 1. The summed E-state index contributed by atoms with van der Waals surface area (Å²) in [5, 5.41) is 29.9. The first kappa shape index (κ1) is 15.5. The monoisotopic (exact) mass is 315 g/mol. The van der Waals surface area contributed by atoms with Gasteiger partial charge in [-0.3, -0.25) is 10.1 Å². The van der Waals surface area contributed by atoms with Crippen LogP contribution in [0.4, 0.5) is 5.69 Å². The van der Waals surface area contributed by atoms with Gasteiger partial charge in [0.25, 0.3) is 5.69 Å². The third-order valence-electron chi connectivity index (χ3n) is 4.27. The second kappa shape index (κ2) is 6.36. The van der Waals surface area contributed by atoms with Crippen LogP contribution in [-0.2, 0) is 6.42 Å². The lowest BCUT2D eigenvalue weighted by molar-refractivity contribution is -0.385. The number of hydrogen-bond acceptors (Lipinski definition) is 4. The molecule has 3 rings (SSSR count). The van der Waals surface area contributed by atoms with Crippen LogP contribution in [0.5, 0.6) is 0 Å². The summed E-state index contributed by atoms with van der Waals surface area (Å²) in [4.78, 5) is 10.8. The zero-order chi connectivity index (χ0) is 17.1. The number of para-hydroxylation sites is 1. The van der Waals surface area contributed by atoms with Gasteiger partial charge >= 0.3 is 0 Å². The SMILES string of the molecule is N#CC(C#N)C1/C(=C/c2ccccc2[N+](=O)[O-])Cc2ccccc21. The van der Waals surface area contributed by atoms with Gasteiger partial charge in [-0.05, 0) is 29.7 Å². The molecule has 116 valence electrons. The minimum absolute atomic E-state index is 0.0187. The largest absolute Gasteiger partial charge is 0.276 e. The zero-order valence-electron chi connectivity index (χ0n) is 12.7. The number of benzene rings is 2. The molecule has 1 aliphatic carbocycles. The molecule has 24 heavy (non-hydrogen) atoms. The summed E-state index contributed by atoms with van der Waals surface area (Å²) in [5.74, 6) is -1.17. The van der Waals surface area contributed by atoms with E-state index < -0.39 is 10.8 Å². The minimum atomic E-state index is -0.817. The molecule has 0 saturated carbocycles. The van der Waals surface area contributed by atoms with Crippen LogP contribution in [0.3, 0.4) is 0 Å². The predicted molar refractivity (Wildman–Crippen MR) is 88.7 cm³/mol. The van der Waals surface area contributed by atoms with Crippen LogP contribution in [0.15, 0.2) is 54.1 Å². The molecule has 1 atom stereocenters. The van der Waals surface area contributed by atoms with Crippen LogP contribution in [0.25, 0.3) is 6.08 Å². The van der Waals surface area contributed by atoms with Gasteiger partial charge in [0.1, 0.15) is 5.92 Å². The third kappa shape index (κ3) is 2.64. The molecule has 0 bridgehead atoms. The molecule has 0 heterocycles. The molecule has 0 aliphatic heterocycles. The number of fused-ring (bicyclic) bond motifs is 1. The van der Waals surface area contributed by atoms with E-state index in [9.17, 15) is 20.6 Å². The average molecular weight is 315 g/mol. The molecule has 1 aliphatic rings. The van der Waals surface area contributed by atoms with Gasteiger partial charge in [-0.1, -0.05) is 42.0 Å². The minimum Gasteiger partial charge on any atom is -0.258 e. The predicted octanol–water partition coefficient (Wildman–Crippen LogP) is 3.98. The van der Waals surface area contributed by atoms with E-state index in [1.54, 1.807) is 24.3 Å². The van der Waals surface area contributed by atoms with Crippen molar-refractivity contribution < 1.29 is 4.92 Å². The standard InChI is InChI=1S/C19H13N3O2/c20-11-16(12-21)19-15(9-13-5-1-3-7-17(13)19)10-14-6-2-4-8-18(14)22(23)24/h1-8,10,16,19H,9H2/b15-10+. The van der Waals surface area contributed by atoms with E-state index in [0.717, 1.165) is 16.7 Å². The lowest BCUT2D eigenvalue weighted by atomic mass is 9.85. The topological polar surface area (TPSA) is 90.7 Å². The van der Waals surface area contributed by atoms with Gasteiger partial charge in [0.2, 0.25) is 0 Å². The molecule has 5 nitrogen and oxygen atoms in total. The van der Waals surface area contributed by atoms with Crippen molar-refractivity contribution in [3.8, 4) is 12.1 Å². The first-order chi connectivity index (χ1) is 11.7. The molecule has 2 aromatic carbocycles. The summed E-state index contributed by atoms with van der Waals surface area (Å²) in [7, 11) is 0. The Morgan fingerprint density at radius 1 is 1.12 bits per heavy atom. The number of hydrogen-bond donors (Lipinski definition) is 0. The summed E-state index contributed by atoms with van der Waals surface area (Å²) in [6, 6.07) is 18.3. The van der Waals surface area contributed by atoms with Gasteiger partial charge in [0.05, 0.1) is 22.6 Å². The normalized spacial score (nSPS) is 17.3. The summed E-state index contributed by atoms with van der Waals surface area (Å²) < 4.78 is 0. The van der Waals surface area contributed by atoms with Crippen molar-refractivity contribution in [2.45, 2.75) is 12.3 Å². The Hall–Kier alpha value is -3.44. The Kier molecular flexibility index (Phi) is 4.09. The highest BCUT2D eigenvalue weighted by atomic mass is 16.6. The molecule has 0 spiro atoms. The van der Waals surface area contributed by atoms with E-state index in [-0.39, 0.29) is 11.6 Å². The Labute approximate surface area is 139 Å². The van der Waals surface area contributed by atoms with Gasteiger partial charge in [-0.2, -0.15) is 10.5 Å². The van der Waals surface area contributed by atoms with E-state index in [1.807, 2.05) is 24.3 Å². The van der Waals surface area contributed by atoms with Crippen molar-refractivity contribution in [3.05, 3.63) is 80.9 Å². The van der Waals surface area contributed by atoms with Crippen LogP contribution in [-0.4, -0.2) is 4.92 Å². The van der Waals surface area contributed by atoms with E-state index in [2.05, 4.69) is 12.1 Å². The second-order valence-electron chi connectivity index (χ2n) is 5.62. The van der Waals surface area contributed by atoms with E-state index in [0.29, 0.717) is 12.0 Å². The Morgan fingerprint density at radius 3 is 2.50 bits per heavy atom. The molecule has 0 saturated heterocycles. The van der Waals surface area contributed by atoms with Gasteiger partial charge < -0.3 is 0 Å². The lowest BCUT2D eigenvalue weighted by Crippen LogP contribution is -2.08. The number of nitro groups is 1. The van der Waals surface area contributed by atoms with Crippen molar-refractivity contribution in [2.75, 3.05) is 0 Å². The van der Waals surface area contributed by atoms with Gasteiger partial charge in [0.15, 0.2) is 0 Å². The molecule has 5 heteroatoms. The maximum absolute atomic E-state index is 11.2. The fourth-order valence-corrected chi connectivity index (χ4v) is 3.22. The fourth-order valence-electron chi connectivity index (χ4n) is 3.22. The number of nitro benzene ring substituents is 1. The zero-order valence-corrected chi connectivity index (χ0v) is 12.7. The third-order valence-corrected chi connectivity index (χ3v) is 4.27. The molecular formula is C19H13N3O2. The molecule has 0 radical (unpaired) electrons. The Balaban J connectivity index is 2.13. The first-order valence-electron chi connectivity index (χ1n) is 7.46. The van der Waals surface area contributed by atoms with Crippen LogP contribution < -0.4 is 0 Å². The van der Waals surface area contributed by atoms with Gasteiger partial charge in [-0.25, -0.2) is 0 Å². The molecule has 0 amide bonds. The van der Waals surface area contributed by atoms with E-state index in [4.69, 9.17) is 0 Å². The maximum atomic E-state index is 11.2. The molecular weight excluding hydrogens is 302 g/mol. The van der Waals surface area contributed by atoms with E-state index >= 15 is 0 Å². The number of nitrogens with zero attached hydrogens (tertiary/aromatic N) is 3. The molecule has 0 fully saturated rings. The number of rotatable bonds is 3. The Morgan fingerprint density at radius 2 is 1.79 bits per heavy atom. The smallest absolute Gasteiger partial charge is 0.258 e.